The summed E-state index contributed by atoms with van der Waals surface area (Å²) in [5.74, 6) is 0.960. The molecule has 0 bridgehead atoms. The fraction of sp³-hybridized carbons (Fsp3) is 0.556. The van der Waals surface area contributed by atoms with Gasteiger partial charge in [0.1, 0.15) is 5.82 Å². The van der Waals surface area contributed by atoms with Gasteiger partial charge in [-0.05, 0) is 20.3 Å². The topological polar surface area (TPSA) is 42.7 Å². The number of aromatic nitrogens is 3. The second-order valence-corrected chi connectivity index (χ2v) is 3.24. The molecule has 0 unspecified atom stereocenters. The summed E-state index contributed by atoms with van der Waals surface area (Å²) >= 11 is 0. The SMILES string of the molecule is CC(C)=CCCNc1cnnn1C. The van der Waals surface area contributed by atoms with Gasteiger partial charge in [-0.1, -0.05) is 16.9 Å². The number of anilines is 1. The second-order valence-electron chi connectivity index (χ2n) is 3.24. The molecule has 1 aromatic heterocycles. The highest BCUT2D eigenvalue weighted by molar-refractivity contribution is 5.30. The zero-order valence-corrected chi connectivity index (χ0v) is 8.41. The van der Waals surface area contributed by atoms with Gasteiger partial charge in [0.15, 0.2) is 0 Å². The minimum Gasteiger partial charge on any atom is -0.369 e. The summed E-state index contributed by atoms with van der Waals surface area (Å²) in [5, 5.41) is 10.8. The van der Waals surface area contributed by atoms with Crippen LogP contribution in [0, 0.1) is 0 Å². The Bertz CT molecular complexity index is 284. The van der Waals surface area contributed by atoms with Gasteiger partial charge in [0.05, 0.1) is 6.20 Å². The van der Waals surface area contributed by atoms with E-state index in [0.29, 0.717) is 0 Å². The first-order valence-electron chi connectivity index (χ1n) is 4.42. The van der Waals surface area contributed by atoms with Gasteiger partial charge in [-0.2, -0.15) is 0 Å². The molecule has 1 rings (SSSR count). The molecule has 0 aromatic carbocycles. The lowest BCUT2D eigenvalue weighted by atomic mass is 10.3. The molecule has 0 fully saturated rings. The molecule has 0 radical (unpaired) electrons. The van der Waals surface area contributed by atoms with E-state index in [4.69, 9.17) is 0 Å². The quantitative estimate of drug-likeness (QED) is 0.565. The number of aryl methyl sites for hydroxylation is 1. The molecule has 0 aliphatic heterocycles. The molecule has 1 heterocycles. The maximum Gasteiger partial charge on any atom is 0.144 e. The van der Waals surface area contributed by atoms with Crippen LogP contribution in [-0.4, -0.2) is 21.5 Å². The third kappa shape index (κ3) is 3.27. The molecule has 4 heteroatoms. The average Bonchev–Trinajstić information content (AvgIpc) is 2.45. The molecule has 13 heavy (non-hydrogen) atoms. The lowest BCUT2D eigenvalue weighted by Crippen LogP contribution is -2.05. The van der Waals surface area contributed by atoms with Crippen molar-refractivity contribution in [1.29, 1.82) is 0 Å². The summed E-state index contributed by atoms with van der Waals surface area (Å²) in [4.78, 5) is 0. The van der Waals surface area contributed by atoms with Gasteiger partial charge < -0.3 is 5.32 Å². The first-order chi connectivity index (χ1) is 6.20. The van der Waals surface area contributed by atoms with Gasteiger partial charge in [-0.3, -0.25) is 0 Å². The highest BCUT2D eigenvalue weighted by Gasteiger charge is 1.95. The Kier molecular flexibility index (Phi) is 3.49. The van der Waals surface area contributed by atoms with Crippen LogP contribution in [0.25, 0.3) is 0 Å². The maximum atomic E-state index is 3.82. The van der Waals surface area contributed by atoms with E-state index in [2.05, 4.69) is 35.6 Å². The Morgan fingerprint density at radius 3 is 2.92 bits per heavy atom. The minimum atomic E-state index is 0.923. The van der Waals surface area contributed by atoms with Crippen molar-refractivity contribution in [2.45, 2.75) is 20.3 Å². The van der Waals surface area contributed by atoms with Crippen molar-refractivity contribution in [2.24, 2.45) is 7.05 Å². The molecule has 4 nitrogen and oxygen atoms in total. The lowest BCUT2D eigenvalue weighted by Gasteiger charge is -2.02. The summed E-state index contributed by atoms with van der Waals surface area (Å²) in [5.41, 5.74) is 1.35. The molecule has 1 N–H and O–H groups in total. The molecule has 0 saturated carbocycles. The summed E-state index contributed by atoms with van der Waals surface area (Å²) in [6.07, 6.45) is 4.97. The Morgan fingerprint density at radius 1 is 1.62 bits per heavy atom. The van der Waals surface area contributed by atoms with E-state index in [9.17, 15) is 0 Å². The van der Waals surface area contributed by atoms with Crippen molar-refractivity contribution in [2.75, 3.05) is 11.9 Å². The molecule has 72 valence electrons. The van der Waals surface area contributed by atoms with E-state index >= 15 is 0 Å². The van der Waals surface area contributed by atoms with E-state index in [0.717, 1.165) is 18.8 Å². The molecular formula is C9H16N4. The van der Waals surface area contributed by atoms with Crippen LogP contribution in [-0.2, 0) is 7.05 Å². The highest BCUT2D eigenvalue weighted by atomic mass is 15.4. The summed E-state index contributed by atoms with van der Waals surface area (Å²) < 4.78 is 1.72. The first-order valence-corrected chi connectivity index (χ1v) is 4.42. The zero-order chi connectivity index (χ0) is 9.68. The van der Waals surface area contributed by atoms with E-state index in [-0.39, 0.29) is 0 Å². The molecule has 0 atom stereocenters. The maximum absolute atomic E-state index is 3.82. The van der Waals surface area contributed by atoms with Gasteiger partial charge >= 0.3 is 0 Å². The van der Waals surface area contributed by atoms with Gasteiger partial charge in [0.25, 0.3) is 0 Å². The third-order valence-electron chi connectivity index (χ3n) is 1.72. The minimum absolute atomic E-state index is 0.923. The largest absolute Gasteiger partial charge is 0.369 e. The van der Waals surface area contributed by atoms with E-state index in [1.165, 1.54) is 5.57 Å². The van der Waals surface area contributed by atoms with Gasteiger partial charge in [-0.25, -0.2) is 4.68 Å². The van der Waals surface area contributed by atoms with Crippen molar-refractivity contribution < 1.29 is 0 Å². The number of rotatable bonds is 4. The molecule has 0 amide bonds. The van der Waals surface area contributed by atoms with Gasteiger partial charge in [0, 0.05) is 13.6 Å². The van der Waals surface area contributed by atoms with E-state index in [1.807, 2.05) is 7.05 Å². The predicted octanol–water partition coefficient (Wildman–Crippen LogP) is 1.58. The van der Waals surface area contributed by atoms with E-state index < -0.39 is 0 Å². The average molecular weight is 180 g/mol. The number of nitrogens with one attached hydrogen (secondary N) is 1. The van der Waals surface area contributed by atoms with Crippen molar-refractivity contribution in [3.8, 4) is 0 Å². The molecule has 1 aromatic rings. The number of allylic oxidation sites excluding steroid dienone is 1. The normalized spacial score (nSPS) is 9.77. The van der Waals surface area contributed by atoms with E-state index in [1.54, 1.807) is 10.9 Å². The lowest BCUT2D eigenvalue weighted by molar-refractivity contribution is 0.717. The molecule has 0 saturated heterocycles. The number of hydrogen-bond donors (Lipinski definition) is 1. The van der Waals surface area contributed by atoms with Crippen LogP contribution in [0.4, 0.5) is 5.82 Å². The van der Waals surface area contributed by atoms with Crippen LogP contribution < -0.4 is 5.32 Å². The number of nitrogens with zero attached hydrogens (tertiary/aromatic N) is 3. The number of hydrogen-bond acceptors (Lipinski definition) is 3. The second kappa shape index (κ2) is 4.64. The molecule has 0 aliphatic carbocycles. The molecular weight excluding hydrogens is 164 g/mol. The van der Waals surface area contributed by atoms with Crippen LogP contribution in [0.1, 0.15) is 20.3 Å². The zero-order valence-electron chi connectivity index (χ0n) is 8.41. The van der Waals surface area contributed by atoms with Crippen LogP contribution in [0.3, 0.4) is 0 Å². The van der Waals surface area contributed by atoms with Crippen molar-refractivity contribution >= 4 is 5.82 Å². The van der Waals surface area contributed by atoms with Gasteiger partial charge in [-0.15, -0.1) is 5.10 Å². The van der Waals surface area contributed by atoms with Crippen molar-refractivity contribution in [3.05, 3.63) is 17.8 Å². The molecule has 0 aliphatic rings. The molecule has 0 spiro atoms. The van der Waals surface area contributed by atoms with Crippen molar-refractivity contribution in [1.82, 2.24) is 15.0 Å². The van der Waals surface area contributed by atoms with Crippen molar-refractivity contribution in [3.63, 3.8) is 0 Å². The fourth-order valence-corrected chi connectivity index (χ4v) is 1.01. The van der Waals surface area contributed by atoms with Crippen LogP contribution in [0.2, 0.25) is 0 Å². The Balaban J connectivity index is 2.28. The summed E-state index contributed by atoms with van der Waals surface area (Å²) in [6, 6.07) is 0. The fourth-order valence-electron chi connectivity index (χ4n) is 1.01. The Labute approximate surface area is 78.6 Å². The Morgan fingerprint density at radius 2 is 2.38 bits per heavy atom. The summed E-state index contributed by atoms with van der Waals surface area (Å²) in [6.45, 7) is 5.13. The monoisotopic (exact) mass is 180 g/mol. The standard InChI is InChI=1S/C9H16N4/c1-8(2)5-4-6-10-9-7-11-12-13(9)3/h5,7,10H,4,6H2,1-3H3. The Hall–Kier alpha value is -1.32. The van der Waals surface area contributed by atoms with Gasteiger partial charge in [0.2, 0.25) is 0 Å². The first kappa shape index (κ1) is 9.77. The highest BCUT2D eigenvalue weighted by Crippen LogP contribution is 2.01. The summed E-state index contributed by atoms with van der Waals surface area (Å²) in [7, 11) is 1.87. The van der Waals surface area contributed by atoms with Crippen LogP contribution in [0.15, 0.2) is 17.8 Å². The third-order valence-corrected chi connectivity index (χ3v) is 1.72. The van der Waals surface area contributed by atoms with Crippen LogP contribution >= 0.6 is 0 Å². The smallest absolute Gasteiger partial charge is 0.144 e. The predicted molar refractivity (Wildman–Crippen MR) is 53.5 cm³/mol. The van der Waals surface area contributed by atoms with Crippen LogP contribution in [0.5, 0.6) is 0 Å².